The maximum Gasteiger partial charge on any atom is 0.140 e. The van der Waals surface area contributed by atoms with Crippen LogP contribution in [0.25, 0.3) is 0 Å². The number of hydrogen-bond acceptors (Lipinski definition) is 7. The quantitative estimate of drug-likeness (QED) is 0.409. The number of rotatable bonds is 15. The van der Waals surface area contributed by atoms with Crippen molar-refractivity contribution in [3.8, 4) is 0 Å². The molecule has 0 radical (unpaired) electrons. The second kappa shape index (κ2) is 13.1. The maximum absolute atomic E-state index is 11.7. The van der Waals surface area contributed by atoms with Crippen molar-refractivity contribution >= 4 is 5.78 Å². The molecule has 29 heavy (non-hydrogen) atoms. The molecule has 1 rings (SSSR count). The molecule has 0 saturated heterocycles. The van der Waals surface area contributed by atoms with Crippen LogP contribution in [0, 0.1) is 10.8 Å². The highest BCUT2D eigenvalue weighted by Gasteiger charge is 2.20. The highest BCUT2D eigenvalue weighted by molar-refractivity contribution is 5.83. The Kier molecular flexibility index (Phi) is 11.6. The number of nitrogens with zero attached hydrogens (tertiary/aromatic N) is 3. The third kappa shape index (κ3) is 13.5. The van der Waals surface area contributed by atoms with Gasteiger partial charge in [-0.2, -0.15) is 0 Å². The highest BCUT2D eigenvalue weighted by atomic mass is 16.6. The average molecular weight is 414 g/mol. The van der Waals surface area contributed by atoms with E-state index in [9.17, 15) is 4.79 Å². The average Bonchev–Trinajstić information content (AvgIpc) is 3.03. The lowest BCUT2D eigenvalue weighted by molar-refractivity contribution is -0.127. The number of hydrogen-bond donors (Lipinski definition) is 0. The van der Waals surface area contributed by atoms with Crippen LogP contribution in [0.2, 0.25) is 0 Å². The van der Waals surface area contributed by atoms with Crippen LogP contribution in [0.15, 0.2) is 6.20 Å². The standard InChI is InChI=1S/C21H39N3O5/c1-20(2,3)17-24-15-18(22-23-24)16-29-14-13-28-12-11-27-10-9-26-8-7-19(25)21(4,5)6/h15H,7-14,16-17H2,1-6H3. The molecule has 0 aliphatic carbocycles. The van der Waals surface area contributed by atoms with E-state index >= 15 is 0 Å². The highest BCUT2D eigenvalue weighted by Crippen LogP contribution is 2.16. The first-order chi connectivity index (χ1) is 13.6. The van der Waals surface area contributed by atoms with E-state index in [-0.39, 0.29) is 16.6 Å². The molecular formula is C21H39N3O5. The Balaban J connectivity index is 1.89. The smallest absolute Gasteiger partial charge is 0.140 e. The van der Waals surface area contributed by atoms with Gasteiger partial charge in [-0.3, -0.25) is 9.48 Å². The minimum atomic E-state index is -0.300. The summed E-state index contributed by atoms with van der Waals surface area (Å²) in [5, 5.41) is 8.22. The summed E-state index contributed by atoms with van der Waals surface area (Å²) in [6.07, 6.45) is 2.36. The van der Waals surface area contributed by atoms with Gasteiger partial charge in [0.25, 0.3) is 0 Å². The summed E-state index contributed by atoms with van der Waals surface area (Å²) in [7, 11) is 0. The summed E-state index contributed by atoms with van der Waals surface area (Å²) >= 11 is 0. The van der Waals surface area contributed by atoms with Gasteiger partial charge in [0.1, 0.15) is 11.5 Å². The van der Waals surface area contributed by atoms with Gasteiger partial charge in [-0.05, 0) is 5.41 Å². The first-order valence-corrected chi connectivity index (χ1v) is 10.3. The molecule has 8 heteroatoms. The Morgan fingerprint density at radius 2 is 1.38 bits per heavy atom. The van der Waals surface area contributed by atoms with Crippen molar-refractivity contribution in [1.82, 2.24) is 15.0 Å². The van der Waals surface area contributed by atoms with E-state index in [1.165, 1.54) is 0 Å². The lowest BCUT2D eigenvalue weighted by Gasteiger charge is -2.16. The minimum absolute atomic E-state index is 0.166. The van der Waals surface area contributed by atoms with E-state index in [0.29, 0.717) is 59.3 Å². The molecule has 0 saturated carbocycles. The molecule has 0 spiro atoms. The number of ether oxygens (including phenoxy) is 4. The molecule has 1 aromatic rings. The summed E-state index contributed by atoms with van der Waals surface area (Å²) < 4.78 is 23.7. The van der Waals surface area contributed by atoms with Crippen molar-refractivity contribution in [2.75, 3.05) is 46.2 Å². The van der Waals surface area contributed by atoms with Crippen LogP contribution < -0.4 is 0 Å². The fourth-order valence-corrected chi connectivity index (χ4v) is 2.34. The zero-order valence-electron chi connectivity index (χ0n) is 19.0. The molecular weight excluding hydrogens is 374 g/mol. The van der Waals surface area contributed by atoms with E-state index in [0.717, 1.165) is 12.2 Å². The SMILES string of the molecule is CC(C)(C)Cn1cc(COCCOCCOCCOCCC(=O)C(C)(C)C)nn1. The number of Topliss-reactive ketones (excluding diaryl/α,β-unsaturated/α-hetero) is 1. The number of carbonyl (C=O) groups is 1. The van der Waals surface area contributed by atoms with Crippen molar-refractivity contribution < 1.29 is 23.7 Å². The van der Waals surface area contributed by atoms with Crippen molar-refractivity contribution in [3.05, 3.63) is 11.9 Å². The maximum atomic E-state index is 11.7. The fourth-order valence-electron chi connectivity index (χ4n) is 2.34. The summed E-state index contributed by atoms with van der Waals surface area (Å²) in [5.41, 5.74) is 0.687. The number of carbonyl (C=O) groups excluding carboxylic acids is 1. The van der Waals surface area contributed by atoms with Gasteiger partial charge in [0.05, 0.1) is 59.1 Å². The van der Waals surface area contributed by atoms with Crippen LogP contribution in [0.1, 0.15) is 53.7 Å². The molecule has 0 fully saturated rings. The van der Waals surface area contributed by atoms with E-state index in [4.69, 9.17) is 18.9 Å². The summed E-state index contributed by atoms with van der Waals surface area (Å²) in [6, 6.07) is 0. The minimum Gasteiger partial charge on any atom is -0.379 e. The predicted octanol–water partition coefficient (Wildman–Crippen LogP) is 2.90. The Morgan fingerprint density at radius 1 is 0.862 bits per heavy atom. The third-order valence-electron chi connectivity index (χ3n) is 3.90. The van der Waals surface area contributed by atoms with E-state index in [2.05, 4.69) is 31.1 Å². The molecule has 1 heterocycles. The number of ketones is 1. The molecule has 0 N–H and O–H groups in total. The van der Waals surface area contributed by atoms with Gasteiger partial charge < -0.3 is 18.9 Å². The van der Waals surface area contributed by atoms with Gasteiger partial charge in [0.15, 0.2) is 0 Å². The van der Waals surface area contributed by atoms with Gasteiger partial charge in [0, 0.05) is 18.4 Å². The van der Waals surface area contributed by atoms with E-state index < -0.39 is 0 Å². The lowest BCUT2D eigenvalue weighted by atomic mass is 9.89. The summed E-state index contributed by atoms with van der Waals surface area (Å²) in [5.74, 6) is 0.212. The second-order valence-corrected chi connectivity index (χ2v) is 9.28. The number of aromatic nitrogens is 3. The fraction of sp³-hybridized carbons (Fsp3) is 0.857. The zero-order valence-corrected chi connectivity index (χ0v) is 19.0. The third-order valence-corrected chi connectivity index (χ3v) is 3.90. The van der Waals surface area contributed by atoms with Crippen LogP contribution in [0.3, 0.4) is 0 Å². The van der Waals surface area contributed by atoms with Crippen LogP contribution in [-0.4, -0.2) is 67.0 Å². The second-order valence-electron chi connectivity index (χ2n) is 9.28. The van der Waals surface area contributed by atoms with Crippen molar-refractivity contribution in [2.45, 2.75) is 61.1 Å². The molecule has 0 aliphatic heterocycles. The molecule has 0 aliphatic rings. The largest absolute Gasteiger partial charge is 0.379 e. The van der Waals surface area contributed by atoms with Crippen molar-refractivity contribution in [2.24, 2.45) is 10.8 Å². The van der Waals surface area contributed by atoms with Gasteiger partial charge >= 0.3 is 0 Å². The van der Waals surface area contributed by atoms with E-state index in [1.54, 1.807) is 0 Å². The van der Waals surface area contributed by atoms with Crippen LogP contribution >= 0.6 is 0 Å². The monoisotopic (exact) mass is 413 g/mol. The van der Waals surface area contributed by atoms with Gasteiger partial charge in [0.2, 0.25) is 0 Å². The Hall–Kier alpha value is -1.35. The van der Waals surface area contributed by atoms with Crippen LogP contribution in [0.5, 0.6) is 0 Å². The normalized spacial score (nSPS) is 12.5. The molecule has 0 atom stereocenters. The topological polar surface area (TPSA) is 84.7 Å². The lowest BCUT2D eigenvalue weighted by Crippen LogP contribution is -2.22. The first-order valence-electron chi connectivity index (χ1n) is 10.3. The molecule has 168 valence electrons. The van der Waals surface area contributed by atoms with E-state index in [1.807, 2.05) is 31.6 Å². The molecule has 8 nitrogen and oxygen atoms in total. The Bertz CT molecular complexity index is 576. The van der Waals surface area contributed by atoms with Crippen LogP contribution in [0.4, 0.5) is 0 Å². The molecule has 0 unspecified atom stereocenters. The Labute approximate surface area is 175 Å². The van der Waals surface area contributed by atoms with Crippen LogP contribution in [-0.2, 0) is 36.9 Å². The first kappa shape index (κ1) is 25.7. The molecule has 0 aromatic carbocycles. The summed E-state index contributed by atoms with van der Waals surface area (Å²) in [6.45, 7) is 16.9. The van der Waals surface area contributed by atoms with Crippen molar-refractivity contribution in [3.63, 3.8) is 0 Å². The van der Waals surface area contributed by atoms with Gasteiger partial charge in [-0.1, -0.05) is 46.8 Å². The summed E-state index contributed by atoms with van der Waals surface area (Å²) in [4.78, 5) is 11.7. The zero-order chi connectivity index (χ0) is 21.8. The Morgan fingerprint density at radius 3 is 1.90 bits per heavy atom. The molecule has 1 aromatic heterocycles. The molecule has 0 amide bonds. The van der Waals surface area contributed by atoms with Crippen molar-refractivity contribution in [1.29, 1.82) is 0 Å². The van der Waals surface area contributed by atoms with Gasteiger partial charge in [-0.25, -0.2) is 0 Å². The predicted molar refractivity (Wildman–Crippen MR) is 111 cm³/mol. The molecule has 0 bridgehead atoms. The van der Waals surface area contributed by atoms with Gasteiger partial charge in [-0.15, -0.1) is 5.10 Å².